The van der Waals surface area contributed by atoms with Crippen molar-refractivity contribution in [3.8, 4) is 0 Å². The molecule has 176 valence electrons. The second-order valence-electron chi connectivity index (χ2n) is 7.83. The normalized spacial score (nSPS) is 14.9. The Labute approximate surface area is 212 Å². The number of thioether (sulfide) groups is 1. The number of guanidine groups is 1. The van der Waals surface area contributed by atoms with Crippen LogP contribution < -0.4 is 10.6 Å². The zero-order chi connectivity index (χ0) is 22.1. The van der Waals surface area contributed by atoms with Gasteiger partial charge in [0.15, 0.2) is 5.96 Å². The van der Waals surface area contributed by atoms with Gasteiger partial charge in [0.1, 0.15) is 5.82 Å². The first-order valence-electron chi connectivity index (χ1n) is 10.8. The van der Waals surface area contributed by atoms with Crippen LogP contribution in [0.2, 0.25) is 0 Å². The van der Waals surface area contributed by atoms with E-state index in [0.717, 1.165) is 42.9 Å². The molecule has 32 heavy (non-hydrogen) atoms. The summed E-state index contributed by atoms with van der Waals surface area (Å²) in [6.45, 7) is 6.09. The molecule has 0 bridgehead atoms. The van der Waals surface area contributed by atoms with Crippen LogP contribution in [-0.4, -0.2) is 54.5 Å². The second-order valence-corrected chi connectivity index (χ2v) is 8.70. The molecule has 3 N–H and O–H groups in total. The highest BCUT2D eigenvalue weighted by Crippen LogP contribution is 2.19. The number of fused-ring (bicyclic) bond motifs is 1. The Bertz CT molecular complexity index is 883. The monoisotopic (exact) mass is 572 g/mol. The maximum Gasteiger partial charge on any atom is 0.191 e. The molecule has 0 amide bonds. The van der Waals surface area contributed by atoms with Crippen LogP contribution in [0.4, 0.5) is 4.39 Å². The van der Waals surface area contributed by atoms with Crippen molar-refractivity contribution in [3.05, 3.63) is 70.5 Å². The molecule has 0 saturated carbocycles. The highest BCUT2D eigenvalue weighted by atomic mass is 127. The molecule has 1 heterocycles. The number of halogens is 2. The molecule has 0 spiro atoms. The number of aliphatic imine (C=N–C) groups is 1. The van der Waals surface area contributed by atoms with Crippen molar-refractivity contribution in [1.29, 1.82) is 0 Å². The molecule has 5 nitrogen and oxygen atoms in total. The SMILES string of the molecule is CCNC(=NCc1ccc(F)cc1CSC)NCC(O)CN1CCc2ccccc2C1.I. The van der Waals surface area contributed by atoms with Crippen LogP contribution in [0.3, 0.4) is 0 Å². The lowest BCUT2D eigenvalue weighted by Gasteiger charge is -2.30. The van der Waals surface area contributed by atoms with Gasteiger partial charge in [-0.1, -0.05) is 30.3 Å². The molecule has 1 aliphatic heterocycles. The van der Waals surface area contributed by atoms with Crippen molar-refractivity contribution in [1.82, 2.24) is 15.5 Å². The van der Waals surface area contributed by atoms with Gasteiger partial charge in [-0.05, 0) is 54.0 Å². The van der Waals surface area contributed by atoms with Gasteiger partial charge in [-0.2, -0.15) is 11.8 Å². The maximum atomic E-state index is 13.6. The first-order chi connectivity index (χ1) is 15.1. The van der Waals surface area contributed by atoms with E-state index in [1.54, 1.807) is 23.9 Å². The molecule has 0 radical (unpaired) electrons. The van der Waals surface area contributed by atoms with Gasteiger partial charge in [0.25, 0.3) is 0 Å². The van der Waals surface area contributed by atoms with E-state index in [-0.39, 0.29) is 29.8 Å². The number of benzene rings is 2. The van der Waals surface area contributed by atoms with E-state index < -0.39 is 6.10 Å². The fourth-order valence-electron chi connectivity index (χ4n) is 3.83. The number of β-amino-alcohol motifs (C(OH)–C–C–N with tert-alkyl or cyclic N) is 1. The third-order valence-electron chi connectivity index (χ3n) is 5.40. The zero-order valence-corrected chi connectivity index (χ0v) is 22.0. The molecular weight excluding hydrogens is 538 g/mol. The fraction of sp³-hybridized carbons (Fsp3) is 0.458. The minimum atomic E-state index is -0.494. The van der Waals surface area contributed by atoms with E-state index >= 15 is 0 Å². The minimum absolute atomic E-state index is 0. The molecule has 0 fully saturated rings. The van der Waals surface area contributed by atoms with E-state index in [2.05, 4.69) is 44.8 Å². The molecule has 1 atom stereocenters. The molecule has 1 unspecified atom stereocenters. The van der Waals surface area contributed by atoms with E-state index in [1.807, 2.05) is 13.2 Å². The van der Waals surface area contributed by atoms with Crippen LogP contribution in [0.25, 0.3) is 0 Å². The Balaban J connectivity index is 0.00000363. The average molecular weight is 573 g/mol. The third-order valence-corrected chi connectivity index (χ3v) is 6.00. The smallest absolute Gasteiger partial charge is 0.191 e. The number of nitrogens with zero attached hydrogens (tertiary/aromatic N) is 2. The first-order valence-corrected chi connectivity index (χ1v) is 12.2. The standard InChI is InChI=1S/C24H33FN4OS.HI/c1-3-26-24(27-13-19-8-9-22(25)12-21(19)17-31-2)28-14-23(30)16-29-11-10-18-6-4-5-7-20(18)15-29;/h4-9,12,23,30H,3,10-11,13-17H2,1-2H3,(H2,26,27,28);1H. The van der Waals surface area contributed by atoms with Gasteiger partial charge < -0.3 is 15.7 Å². The lowest BCUT2D eigenvalue weighted by molar-refractivity contribution is 0.108. The van der Waals surface area contributed by atoms with Gasteiger partial charge in [0.05, 0.1) is 12.6 Å². The van der Waals surface area contributed by atoms with Gasteiger partial charge >= 0.3 is 0 Å². The predicted octanol–water partition coefficient (Wildman–Crippen LogP) is 3.78. The van der Waals surface area contributed by atoms with Gasteiger partial charge in [0, 0.05) is 38.5 Å². The number of aliphatic hydroxyl groups excluding tert-OH is 1. The Morgan fingerprint density at radius 3 is 2.72 bits per heavy atom. The molecule has 8 heteroatoms. The summed E-state index contributed by atoms with van der Waals surface area (Å²) in [6.07, 6.45) is 2.54. The van der Waals surface area contributed by atoms with Gasteiger partial charge in [-0.15, -0.1) is 24.0 Å². The number of rotatable bonds is 9. The van der Waals surface area contributed by atoms with Crippen LogP contribution in [-0.2, 0) is 25.3 Å². The topological polar surface area (TPSA) is 59.9 Å². The van der Waals surface area contributed by atoms with E-state index in [9.17, 15) is 9.50 Å². The van der Waals surface area contributed by atoms with Crippen molar-refractivity contribution >= 4 is 41.7 Å². The Morgan fingerprint density at radius 1 is 1.19 bits per heavy atom. The molecule has 0 aliphatic carbocycles. The van der Waals surface area contributed by atoms with Crippen molar-refractivity contribution in [3.63, 3.8) is 0 Å². The highest BCUT2D eigenvalue weighted by Gasteiger charge is 2.18. The van der Waals surface area contributed by atoms with Gasteiger partial charge in [-0.25, -0.2) is 9.38 Å². The quantitative estimate of drug-likeness (QED) is 0.243. The molecule has 0 aromatic heterocycles. The summed E-state index contributed by atoms with van der Waals surface area (Å²) in [5.41, 5.74) is 4.75. The largest absolute Gasteiger partial charge is 0.390 e. The Hall–Kier alpha value is -1.36. The van der Waals surface area contributed by atoms with Crippen molar-refractivity contribution in [2.24, 2.45) is 4.99 Å². The fourth-order valence-corrected chi connectivity index (χ4v) is 4.41. The second kappa shape index (κ2) is 14.0. The minimum Gasteiger partial charge on any atom is -0.390 e. The van der Waals surface area contributed by atoms with Crippen LogP contribution >= 0.6 is 35.7 Å². The van der Waals surface area contributed by atoms with Crippen LogP contribution in [0.15, 0.2) is 47.5 Å². The number of hydrogen-bond donors (Lipinski definition) is 3. The summed E-state index contributed by atoms with van der Waals surface area (Å²) in [4.78, 5) is 6.94. The molecule has 0 saturated heterocycles. The number of aliphatic hydroxyl groups is 1. The summed E-state index contributed by atoms with van der Waals surface area (Å²) in [5.74, 6) is 1.19. The average Bonchev–Trinajstić information content (AvgIpc) is 2.77. The molecule has 1 aliphatic rings. The Kier molecular flexibility index (Phi) is 11.8. The highest BCUT2D eigenvalue weighted by molar-refractivity contribution is 14.0. The molecule has 2 aromatic carbocycles. The first kappa shape index (κ1) is 26.9. The number of hydrogen-bond acceptors (Lipinski definition) is 4. The van der Waals surface area contributed by atoms with Gasteiger partial charge in [-0.3, -0.25) is 4.90 Å². The summed E-state index contributed by atoms with van der Waals surface area (Å²) in [6, 6.07) is 13.4. The van der Waals surface area contributed by atoms with Crippen molar-refractivity contribution in [2.75, 3.05) is 32.4 Å². The summed E-state index contributed by atoms with van der Waals surface area (Å²) >= 11 is 1.66. The molecule has 3 rings (SSSR count). The van der Waals surface area contributed by atoms with E-state index in [1.165, 1.54) is 17.2 Å². The maximum absolute atomic E-state index is 13.6. The summed E-state index contributed by atoms with van der Waals surface area (Å²) in [5, 5.41) is 17.0. The number of nitrogens with one attached hydrogen (secondary N) is 2. The predicted molar refractivity (Wildman–Crippen MR) is 143 cm³/mol. The third kappa shape index (κ3) is 8.20. The van der Waals surface area contributed by atoms with Crippen LogP contribution in [0, 0.1) is 5.82 Å². The van der Waals surface area contributed by atoms with Crippen molar-refractivity contribution < 1.29 is 9.50 Å². The van der Waals surface area contributed by atoms with Gasteiger partial charge in [0.2, 0.25) is 0 Å². The molecular formula is C24H34FIN4OS. The summed E-state index contributed by atoms with van der Waals surface area (Å²) in [7, 11) is 0. The molecule has 2 aromatic rings. The zero-order valence-electron chi connectivity index (χ0n) is 18.8. The summed E-state index contributed by atoms with van der Waals surface area (Å²) < 4.78 is 13.6. The lowest BCUT2D eigenvalue weighted by Crippen LogP contribution is -2.45. The van der Waals surface area contributed by atoms with E-state index in [0.29, 0.717) is 25.6 Å². The van der Waals surface area contributed by atoms with Crippen LogP contribution in [0.5, 0.6) is 0 Å². The van der Waals surface area contributed by atoms with Crippen LogP contribution in [0.1, 0.15) is 29.2 Å². The van der Waals surface area contributed by atoms with E-state index in [4.69, 9.17) is 0 Å². The lowest BCUT2D eigenvalue weighted by atomic mass is 10.00. The van der Waals surface area contributed by atoms with Crippen molar-refractivity contribution in [2.45, 2.75) is 38.3 Å². The Morgan fingerprint density at radius 2 is 1.97 bits per heavy atom.